The average Bonchev–Trinajstić information content (AvgIpc) is 2.36. The van der Waals surface area contributed by atoms with Crippen molar-refractivity contribution in [3.8, 4) is 5.75 Å². The first-order chi connectivity index (χ1) is 7.86. The summed E-state index contributed by atoms with van der Waals surface area (Å²) < 4.78 is 5.26. The summed E-state index contributed by atoms with van der Waals surface area (Å²) in [4.78, 5) is 20.8. The molecule has 0 unspecified atom stereocenters. The van der Waals surface area contributed by atoms with Gasteiger partial charge in [0.25, 0.3) is 0 Å². The summed E-state index contributed by atoms with van der Waals surface area (Å²) in [6.45, 7) is -0.00212. The predicted molar refractivity (Wildman–Crippen MR) is 61.0 cm³/mol. The van der Waals surface area contributed by atoms with Gasteiger partial charge in [-0.25, -0.2) is 0 Å². The molecule has 16 heavy (non-hydrogen) atoms. The smallest absolute Gasteiger partial charge is 0.157 e. The van der Waals surface area contributed by atoms with Gasteiger partial charge in [0.1, 0.15) is 18.0 Å². The maximum Gasteiger partial charge on any atom is 0.157 e. The summed E-state index contributed by atoms with van der Waals surface area (Å²) in [5, 5.41) is 4.45. The highest BCUT2D eigenvalue weighted by Gasteiger charge is 2.06. The summed E-state index contributed by atoms with van der Waals surface area (Å²) in [5.74, 6) is 0.579. The van der Waals surface area contributed by atoms with Crippen LogP contribution in [0, 0.1) is 4.91 Å². The van der Waals surface area contributed by atoms with Gasteiger partial charge in [-0.2, -0.15) is 0 Å². The molecule has 0 heterocycles. The molecule has 0 amide bonds. The van der Waals surface area contributed by atoms with Crippen molar-refractivity contribution in [1.29, 1.82) is 0 Å². The number of nitroso groups, excluding NO2 is 1. The molecule has 0 aliphatic heterocycles. The van der Waals surface area contributed by atoms with E-state index in [1.165, 1.54) is 0 Å². The number of ether oxygens (including phenoxy) is 1. The van der Waals surface area contributed by atoms with Crippen LogP contribution in [0.4, 0.5) is 5.69 Å². The third-order valence-corrected chi connectivity index (χ3v) is 2.27. The van der Waals surface area contributed by atoms with E-state index in [4.69, 9.17) is 4.74 Å². The fraction of sp³-hybridized carbons (Fsp3) is 0.0833. The largest absolute Gasteiger partial charge is 0.485 e. The van der Waals surface area contributed by atoms with Crippen molar-refractivity contribution < 1.29 is 9.53 Å². The Morgan fingerprint density at radius 1 is 1.12 bits per heavy atom. The molecule has 4 heteroatoms. The number of hydrogen-bond acceptors (Lipinski definition) is 4. The van der Waals surface area contributed by atoms with Crippen LogP contribution < -0.4 is 4.74 Å². The van der Waals surface area contributed by atoms with Crippen LogP contribution in [0.15, 0.2) is 41.6 Å². The molecule has 0 radical (unpaired) electrons. The Morgan fingerprint density at radius 2 is 1.88 bits per heavy atom. The van der Waals surface area contributed by atoms with E-state index in [2.05, 4.69) is 5.18 Å². The van der Waals surface area contributed by atoms with Crippen molar-refractivity contribution in [2.45, 2.75) is 0 Å². The molecule has 0 fully saturated rings. The first-order valence-corrected chi connectivity index (χ1v) is 4.78. The van der Waals surface area contributed by atoms with Gasteiger partial charge in [0.05, 0.1) is 0 Å². The quantitative estimate of drug-likeness (QED) is 0.582. The molecule has 0 aromatic heterocycles. The van der Waals surface area contributed by atoms with Crippen molar-refractivity contribution in [3.63, 3.8) is 0 Å². The van der Waals surface area contributed by atoms with Gasteiger partial charge in [0.15, 0.2) is 6.29 Å². The van der Waals surface area contributed by atoms with E-state index in [0.29, 0.717) is 17.7 Å². The third kappa shape index (κ3) is 1.77. The van der Waals surface area contributed by atoms with Crippen LogP contribution >= 0.6 is 0 Å². The van der Waals surface area contributed by atoms with Crippen LogP contribution in [-0.4, -0.2) is 12.9 Å². The van der Waals surface area contributed by atoms with Crippen molar-refractivity contribution >= 4 is 22.7 Å². The SMILES string of the molecule is O=CCOc1ccc(N=O)c2ccccc12. The molecule has 0 aliphatic rings. The Kier molecular flexibility index (Phi) is 2.91. The van der Waals surface area contributed by atoms with Gasteiger partial charge in [-0.15, -0.1) is 4.91 Å². The number of aldehydes is 1. The Morgan fingerprint density at radius 3 is 2.56 bits per heavy atom. The van der Waals surface area contributed by atoms with E-state index in [1.807, 2.05) is 18.2 Å². The lowest BCUT2D eigenvalue weighted by molar-refractivity contribution is -0.109. The number of rotatable bonds is 4. The summed E-state index contributed by atoms with van der Waals surface area (Å²) >= 11 is 0. The van der Waals surface area contributed by atoms with Crippen LogP contribution in [0.1, 0.15) is 0 Å². The fourth-order valence-electron chi connectivity index (χ4n) is 1.58. The average molecular weight is 215 g/mol. The molecule has 0 atom stereocenters. The highest BCUT2D eigenvalue weighted by atomic mass is 16.5. The molecule has 0 spiro atoms. The summed E-state index contributed by atoms with van der Waals surface area (Å²) in [7, 11) is 0. The molecule has 2 aromatic rings. The van der Waals surface area contributed by atoms with Crippen LogP contribution in [0.3, 0.4) is 0 Å². The number of carbonyl (C=O) groups excluding carboxylic acids is 1. The Labute approximate surface area is 91.8 Å². The molecule has 80 valence electrons. The molecule has 4 nitrogen and oxygen atoms in total. The number of carbonyl (C=O) groups is 1. The summed E-state index contributed by atoms with van der Waals surface area (Å²) in [6.07, 6.45) is 0.681. The van der Waals surface area contributed by atoms with Crippen molar-refractivity contribution in [3.05, 3.63) is 41.3 Å². The topological polar surface area (TPSA) is 55.7 Å². The monoisotopic (exact) mass is 215 g/mol. The van der Waals surface area contributed by atoms with Gasteiger partial charge in [0, 0.05) is 10.8 Å². The highest BCUT2D eigenvalue weighted by molar-refractivity contribution is 5.96. The molecule has 0 aliphatic carbocycles. The molecular formula is C12H9NO3. The summed E-state index contributed by atoms with van der Waals surface area (Å²) in [5.41, 5.74) is 0.369. The molecule has 0 bridgehead atoms. The Bertz CT molecular complexity index is 537. The van der Waals surface area contributed by atoms with Crippen LogP contribution in [0.5, 0.6) is 5.75 Å². The molecular weight excluding hydrogens is 206 g/mol. The van der Waals surface area contributed by atoms with E-state index in [-0.39, 0.29) is 6.61 Å². The van der Waals surface area contributed by atoms with Crippen molar-refractivity contribution in [1.82, 2.24) is 0 Å². The minimum Gasteiger partial charge on any atom is -0.485 e. The second kappa shape index (κ2) is 4.53. The van der Waals surface area contributed by atoms with Crippen LogP contribution in [-0.2, 0) is 4.79 Å². The highest BCUT2D eigenvalue weighted by Crippen LogP contribution is 2.32. The van der Waals surface area contributed by atoms with Gasteiger partial charge in [-0.1, -0.05) is 24.3 Å². The number of fused-ring (bicyclic) bond motifs is 1. The van der Waals surface area contributed by atoms with Crippen LogP contribution in [0.25, 0.3) is 10.8 Å². The zero-order valence-electron chi connectivity index (χ0n) is 8.42. The second-order valence-corrected chi connectivity index (χ2v) is 3.20. The first kappa shape index (κ1) is 10.3. The van der Waals surface area contributed by atoms with Gasteiger partial charge < -0.3 is 4.74 Å². The van der Waals surface area contributed by atoms with E-state index in [0.717, 1.165) is 10.8 Å². The fourth-order valence-corrected chi connectivity index (χ4v) is 1.58. The Balaban J connectivity index is 2.59. The van der Waals surface area contributed by atoms with Gasteiger partial charge >= 0.3 is 0 Å². The lowest BCUT2D eigenvalue weighted by Crippen LogP contribution is -1.97. The maximum atomic E-state index is 10.6. The van der Waals surface area contributed by atoms with E-state index in [9.17, 15) is 9.70 Å². The standard InChI is InChI=1S/C12H9NO3/c14-7-8-16-12-6-5-11(13-15)9-3-1-2-4-10(9)12/h1-7H,8H2. The third-order valence-electron chi connectivity index (χ3n) is 2.27. The van der Waals surface area contributed by atoms with Crippen molar-refractivity contribution in [2.75, 3.05) is 6.61 Å². The van der Waals surface area contributed by atoms with E-state index < -0.39 is 0 Å². The lowest BCUT2D eigenvalue weighted by atomic mass is 10.1. The lowest BCUT2D eigenvalue weighted by Gasteiger charge is -2.07. The number of nitrogens with zero attached hydrogens (tertiary/aromatic N) is 1. The summed E-state index contributed by atoms with van der Waals surface area (Å²) in [6, 6.07) is 10.5. The molecule has 0 saturated carbocycles. The molecule has 2 rings (SSSR count). The number of hydrogen-bond donors (Lipinski definition) is 0. The van der Waals surface area contributed by atoms with Crippen molar-refractivity contribution in [2.24, 2.45) is 5.18 Å². The van der Waals surface area contributed by atoms with Gasteiger partial charge in [0.2, 0.25) is 0 Å². The van der Waals surface area contributed by atoms with Crippen LogP contribution in [0.2, 0.25) is 0 Å². The Hall–Kier alpha value is -2.23. The van der Waals surface area contributed by atoms with Gasteiger partial charge in [-0.3, -0.25) is 4.79 Å². The molecule has 0 saturated heterocycles. The van der Waals surface area contributed by atoms with E-state index in [1.54, 1.807) is 18.2 Å². The first-order valence-electron chi connectivity index (χ1n) is 4.78. The van der Waals surface area contributed by atoms with E-state index >= 15 is 0 Å². The normalized spacial score (nSPS) is 10.0. The molecule has 0 N–H and O–H groups in total. The zero-order chi connectivity index (χ0) is 11.4. The predicted octanol–water partition coefficient (Wildman–Crippen LogP) is 2.82. The minimum absolute atomic E-state index is 0.00212. The zero-order valence-corrected chi connectivity index (χ0v) is 8.42. The van der Waals surface area contributed by atoms with Gasteiger partial charge in [-0.05, 0) is 17.3 Å². The maximum absolute atomic E-state index is 10.6. The second-order valence-electron chi connectivity index (χ2n) is 3.20. The number of benzene rings is 2. The minimum atomic E-state index is -0.00212. The molecule has 2 aromatic carbocycles.